The monoisotopic (exact) mass is 440 g/mol. The molecule has 5 rings (SSSR count). The summed E-state index contributed by atoms with van der Waals surface area (Å²) in [5, 5.41) is 35.0. The predicted molar refractivity (Wildman–Crippen MR) is 98.8 cm³/mol. The molecule has 0 aromatic heterocycles. The Morgan fingerprint density at radius 3 is 2.32 bits per heavy atom. The van der Waals surface area contributed by atoms with E-state index in [2.05, 4.69) is 0 Å². The number of hydrogen-bond acceptors (Lipinski definition) is 10. The Labute approximate surface area is 178 Å². The minimum atomic E-state index is -2.28. The zero-order valence-electron chi connectivity index (χ0n) is 18.1. The average molecular weight is 440 g/mol. The number of carbonyl (C=O) groups excluding carboxylic acids is 3. The fraction of sp³-hybridized carbons (Fsp3) is 0.857. The molecule has 0 aromatic rings. The number of aliphatic hydroxyl groups is 3. The van der Waals surface area contributed by atoms with Gasteiger partial charge in [-0.1, -0.05) is 27.7 Å². The molecule has 3 heterocycles. The molecule has 31 heavy (non-hydrogen) atoms. The molecular formula is C21H28O10. The first-order valence-corrected chi connectivity index (χ1v) is 10.5. The number of fused-ring (bicyclic) bond motifs is 1. The summed E-state index contributed by atoms with van der Waals surface area (Å²) in [6, 6.07) is 0. The van der Waals surface area contributed by atoms with E-state index in [-0.39, 0.29) is 6.42 Å². The first kappa shape index (κ1) is 21.1. The fourth-order valence-electron chi connectivity index (χ4n) is 7.88. The lowest BCUT2D eigenvalue weighted by Crippen LogP contribution is -2.73. The van der Waals surface area contributed by atoms with Crippen molar-refractivity contribution in [2.45, 2.75) is 76.7 Å². The SMILES string of the molecule is C[C@@H]1C(=O)O[C@H]2[C@H](O)[C@@]34[C@H]5C[C@@H](C(C)(C)C)[C@@]3(C)[C@@H](O)C(=O)OCO[C@@]4(C(=O)O5)[C@@]12O. The minimum absolute atomic E-state index is 0.212. The van der Waals surface area contributed by atoms with Crippen molar-refractivity contribution in [3.63, 3.8) is 0 Å². The lowest BCUT2D eigenvalue weighted by Gasteiger charge is -2.56. The number of rotatable bonds is 0. The lowest BCUT2D eigenvalue weighted by atomic mass is 9.49. The third-order valence-corrected chi connectivity index (χ3v) is 9.01. The molecule has 0 bridgehead atoms. The normalized spacial score (nSPS) is 55.5. The first-order chi connectivity index (χ1) is 14.2. The zero-order valence-corrected chi connectivity index (χ0v) is 18.1. The van der Waals surface area contributed by atoms with E-state index in [0.29, 0.717) is 0 Å². The molecule has 3 aliphatic heterocycles. The molecule has 0 radical (unpaired) electrons. The number of ether oxygens (including phenoxy) is 4. The molecule has 2 saturated carbocycles. The molecule has 5 aliphatic rings. The van der Waals surface area contributed by atoms with E-state index in [1.165, 1.54) is 6.92 Å². The second kappa shape index (κ2) is 5.59. The molecule has 3 saturated heterocycles. The van der Waals surface area contributed by atoms with Crippen LogP contribution in [0, 0.1) is 28.1 Å². The van der Waals surface area contributed by atoms with Gasteiger partial charge in [0.05, 0.1) is 11.3 Å². The van der Waals surface area contributed by atoms with E-state index < -0.39 is 88.4 Å². The molecule has 172 valence electrons. The smallest absolute Gasteiger partial charge is 0.342 e. The Morgan fingerprint density at radius 2 is 1.71 bits per heavy atom. The van der Waals surface area contributed by atoms with Gasteiger partial charge in [-0.25, -0.2) is 9.59 Å². The van der Waals surface area contributed by atoms with E-state index in [4.69, 9.17) is 18.9 Å². The summed E-state index contributed by atoms with van der Waals surface area (Å²) >= 11 is 0. The molecular weight excluding hydrogens is 412 g/mol. The van der Waals surface area contributed by atoms with Crippen LogP contribution in [0.5, 0.6) is 0 Å². The maximum absolute atomic E-state index is 13.5. The molecule has 10 heteroatoms. The van der Waals surface area contributed by atoms with Crippen LogP contribution in [-0.2, 0) is 33.3 Å². The van der Waals surface area contributed by atoms with Gasteiger partial charge < -0.3 is 34.3 Å². The maximum atomic E-state index is 13.5. The summed E-state index contributed by atoms with van der Waals surface area (Å²) in [6.45, 7) is 7.98. The topological polar surface area (TPSA) is 149 Å². The van der Waals surface area contributed by atoms with Gasteiger partial charge in [0.15, 0.2) is 24.6 Å². The van der Waals surface area contributed by atoms with Crippen LogP contribution in [0.25, 0.3) is 0 Å². The van der Waals surface area contributed by atoms with Crippen LogP contribution < -0.4 is 0 Å². The summed E-state index contributed by atoms with van der Waals surface area (Å²) in [4.78, 5) is 38.6. The molecule has 2 aliphatic carbocycles. The maximum Gasteiger partial charge on any atom is 0.342 e. The molecule has 3 N–H and O–H groups in total. The first-order valence-electron chi connectivity index (χ1n) is 10.5. The number of aliphatic hydroxyl groups excluding tert-OH is 2. The van der Waals surface area contributed by atoms with E-state index in [1.807, 2.05) is 20.8 Å². The van der Waals surface area contributed by atoms with Crippen molar-refractivity contribution < 1.29 is 48.7 Å². The highest BCUT2D eigenvalue weighted by atomic mass is 16.7. The van der Waals surface area contributed by atoms with Gasteiger partial charge >= 0.3 is 17.9 Å². The summed E-state index contributed by atoms with van der Waals surface area (Å²) in [6.07, 6.45) is -5.65. The van der Waals surface area contributed by atoms with Crippen molar-refractivity contribution in [3.05, 3.63) is 0 Å². The molecule has 5 fully saturated rings. The predicted octanol–water partition coefficient (Wildman–Crippen LogP) is -0.732. The highest BCUT2D eigenvalue weighted by molar-refractivity contribution is 5.92. The quantitative estimate of drug-likeness (QED) is 0.325. The molecule has 10 nitrogen and oxygen atoms in total. The Kier molecular flexibility index (Phi) is 3.81. The Balaban J connectivity index is 1.89. The Hall–Kier alpha value is -1.75. The average Bonchev–Trinajstić information content (AvgIpc) is 3.24. The minimum Gasteiger partial charge on any atom is -0.459 e. The van der Waals surface area contributed by atoms with Crippen molar-refractivity contribution in [1.29, 1.82) is 0 Å². The van der Waals surface area contributed by atoms with Crippen LogP contribution in [-0.4, -0.2) is 75.6 Å². The van der Waals surface area contributed by atoms with Gasteiger partial charge in [0.1, 0.15) is 12.2 Å². The van der Waals surface area contributed by atoms with Crippen LogP contribution in [0.1, 0.15) is 41.0 Å². The third kappa shape index (κ3) is 1.79. The van der Waals surface area contributed by atoms with Crippen LogP contribution in [0.4, 0.5) is 0 Å². The van der Waals surface area contributed by atoms with Gasteiger partial charge in [-0.05, 0) is 24.7 Å². The van der Waals surface area contributed by atoms with Crippen molar-refractivity contribution >= 4 is 17.9 Å². The Morgan fingerprint density at radius 1 is 1.06 bits per heavy atom. The number of cyclic esters (lactones) is 1. The second-order valence-electron chi connectivity index (χ2n) is 10.9. The van der Waals surface area contributed by atoms with E-state index >= 15 is 0 Å². The number of esters is 3. The number of hydrogen-bond donors (Lipinski definition) is 3. The Bertz CT molecular complexity index is 895. The summed E-state index contributed by atoms with van der Waals surface area (Å²) in [5.74, 6) is -4.40. The van der Waals surface area contributed by atoms with Gasteiger partial charge in [0.25, 0.3) is 0 Å². The molecule has 10 atom stereocenters. The van der Waals surface area contributed by atoms with Crippen molar-refractivity contribution in [1.82, 2.24) is 0 Å². The highest BCUT2D eigenvalue weighted by Gasteiger charge is 2.97. The second-order valence-corrected chi connectivity index (χ2v) is 10.9. The summed E-state index contributed by atoms with van der Waals surface area (Å²) in [7, 11) is 0. The summed E-state index contributed by atoms with van der Waals surface area (Å²) in [5.41, 5.74) is -8.36. The molecule has 0 amide bonds. The van der Waals surface area contributed by atoms with Gasteiger partial charge in [-0.2, -0.15) is 0 Å². The summed E-state index contributed by atoms with van der Waals surface area (Å²) < 4.78 is 22.1. The van der Waals surface area contributed by atoms with Gasteiger partial charge in [0, 0.05) is 5.41 Å². The van der Waals surface area contributed by atoms with Crippen LogP contribution in [0.15, 0.2) is 0 Å². The number of carbonyl (C=O) groups is 3. The van der Waals surface area contributed by atoms with Gasteiger partial charge in [-0.3, -0.25) is 4.79 Å². The van der Waals surface area contributed by atoms with Crippen LogP contribution >= 0.6 is 0 Å². The fourth-order valence-corrected chi connectivity index (χ4v) is 7.88. The van der Waals surface area contributed by atoms with Crippen LogP contribution in [0.2, 0.25) is 0 Å². The van der Waals surface area contributed by atoms with Gasteiger partial charge in [-0.15, -0.1) is 0 Å². The molecule has 1 spiro atoms. The standard InChI is InChI=1S/C21H28O10/c1-8-14(24)31-13-11(22)19-10-6-9(17(2,3)4)18(19,5)12(23)15(25)28-7-29-21(19,16(26)30-10)20(8,13)27/h8-13,22-23,27H,6-7H2,1-5H3/t8-,9+,10-,11+,12+,13+,18+,19+,20-,21-/m1/s1. The van der Waals surface area contributed by atoms with Crippen LogP contribution in [0.3, 0.4) is 0 Å². The largest absolute Gasteiger partial charge is 0.459 e. The van der Waals surface area contributed by atoms with E-state index in [1.54, 1.807) is 6.92 Å². The lowest BCUT2D eigenvalue weighted by molar-refractivity contribution is -0.285. The van der Waals surface area contributed by atoms with E-state index in [9.17, 15) is 29.7 Å². The van der Waals surface area contributed by atoms with E-state index in [0.717, 1.165) is 0 Å². The van der Waals surface area contributed by atoms with Crippen molar-refractivity contribution in [2.24, 2.45) is 28.1 Å². The molecule has 0 aromatic carbocycles. The highest BCUT2D eigenvalue weighted by Crippen LogP contribution is 2.79. The van der Waals surface area contributed by atoms with Gasteiger partial charge in [0.2, 0.25) is 5.60 Å². The van der Waals surface area contributed by atoms with Crippen molar-refractivity contribution in [2.75, 3.05) is 6.79 Å². The van der Waals surface area contributed by atoms with Crippen molar-refractivity contribution in [3.8, 4) is 0 Å². The zero-order chi connectivity index (χ0) is 22.9. The molecule has 0 unspecified atom stereocenters. The third-order valence-electron chi connectivity index (χ3n) is 9.01.